The molecule has 0 bridgehead atoms. The number of rotatable bonds is 2. The van der Waals surface area contributed by atoms with Crippen molar-refractivity contribution in [2.45, 2.75) is 33.7 Å². The van der Waals surface area contributed by atoms with Crippen molar-refractivity contribution >= 4 is 5.78 Å². The first-order chi connectivity index (χ1) is 5.52. The Balaban J connectivity index is 3.17. The lowest BCUT2D eigenvalue weighted by Gasteiger charge is -2.07. The minimum Gasteiger partial charge on any atom is -0.293 e. The van der Waals surface area contributed by atoms with E-state index in [1.807, 2.05) is 26.8 Å². The Morgan fingerprint density at radius 2 is 2.17 bits per heavy atom. The topological polar surface area (TPSA) is 34.9 Å². The average molecular weight is 166 g/mol. The number of carbonyl (C=O) groups excluding carboxylic acids is 1. The van der Waals surface area contributed by atoms with Crippen molar-refractivity contribution in [1.29, 1.82) is 0 Å². The summed E-state index contributed by atoms with van der Waals surface area (Å²) in [5, 5.41) is 4.23. The highest BCUT2D eigenvalue weighted by Crippen LogP contribution is 2.10. The van der Waals surface area contributed by atoms with Crippen LogP contribution in [-0.2, 0) is 0 Å². The molecule has 3 nitrogen and oxygen atoms in total. The van der Waals surface area contributed by atoms with Gasteiger partial charge in [-0.25, -0.2) is 0 Å². The van der Waals surface area contributed by atoms with E-state index in [1.165, 1.54) is 0 Å². The maximum Gasteiger partial charge on any atom is 0.177 e. The van der Waals surface area contributed by atoms with Gasteiger partial charge in [0.1, 0.15) is 5.69 Å². The van der Waals surface area contributed by atoms with Gasteiger partial charge in [0.05, 0.1) is 5.69 Å². The Labute approximate surface area is 72.4 Å². The standard InChI is InChI=1S/C9H14N2O/c1-6(2)11-9(8(4)12)5-7(3)10-11/h5-6H,1-4H3. The Kier molecular flexibility index (Phi) is 2.31. The third-order valence-electron chi connectivity index (χ3n) is 1.71. The van der Waals surface area contributed by atoms with Gasteiger partial charge in [0.25, 0.3) is 0 Å². The summed E-state index contributed by atoms with van der Waals surface area (Å²) in [4.78, 5) is 11.1. The first-order valence-electron chi connectivity index (χ1n) is 4.09. The molecular formula is C9H14N2O. The van der Waals surface area contributed by atoms with Crippen molar-refractivity contribution < 1.29 is 4.79 Å². The van der Waals surface area contributed by atoms with Crippen molar-refractivity contribution in [2.75, 3.05) is 0 Å². The number of hydrogen-bond donors (Lipinski definition) is 0. The molecule has 0 atom stereocenters. The van der Waals surface area contributed by atoms with E-state index in [0.717, 1.165) is 5.69 Å². The van der Waals surface area contributed by atoms with Gasteiger partial charge in [-0.2, -0.15) is 5.10 Å². The van der Waals surface area contributed by atoms with Crippen molar-refractivity contribution in [2.24, 2.45) is 0 Å². The van der Waals surface area contributed by atoms with Gasteiger partial charge in [-0.1, -0.05) is 0 Å². The monoisotopic (exact) mass is 166 g/mol. The number of nitrogens with zero attached hydrogens (tertiary/aromatic N) is 2. The molecule has 0 saturated heterocycles. The maximum atomic E-state index is 11.1. The average Bonchev–Trinajstić information content (AvgIpc) is 2.31. The molecule has 3 heteroatoms. The van der Waals surface area contributed by atoms with Gasteiger partial charge in [0.15, 0.2) is 5.78 Å². The van der Waals surface area contributed by atoms with Crippen LogP contribution in [0.4, 0.5) is 0 Å². The van der Waals surface area contributed by atoms with E-state index in [1.54, 1.807) is 11.6 Å². The van der Waals surface area contributed by atoms with Gasteiger partial charge in [0.2, 0.25) is 0 Å². The molecule has 0 amide bonds. The van der Waals surface area contributed by atoms with Crippen molar-refractivity contribution in [3.63, 3.8) is 0 Å². The van der Waals surface area contributed by atoms with Crippen LogP contribution in [0.3, 0.4) is 0 Å². The van der Waals surface area contributed by atoms with Crippen LogP contribution in [0.5, 0.6) is 0 Å². The summed E-state index contributed by atoms with van der Waals surface area (Å²) >= 11 is 0. The van der Waals surface area contributed by atoms with E-state index in [-0.39, 0.29) is 11.8 Å². The van der Waals surface area contributed by atoms with Gasteiger partial charge in [0, 0.05) is 13.0 Å². The molecular weight excluding hydrogens is 152 g/mol. The number of hydrogen-bond acceptors (Lipinski definition) is 2. The molecule has 1 aromatic heterocycles. The first kappa shape index (κ1) is 8.97. The summed E-state index contributed by atoms with van der Waals surface area (Å²) in [5.74, 6) is 0.0734. The zero-order valence-electron chi connectivity index (χ0n) is 7.96. The third-order valence-corrected chi connectivity index (χ3v) is 1.71. The van der Waals surface area contributed by atoms with Crippen molar-refractivity contribution in [3.8, 4) is 0 Å². The van der Waals surface area contributed by atoms with Gasteiger partial charge in [-0.05, 0) is 26.8 Å². The molecule has 0 spiro atoms. The van der Waals surface area contributed by atoms with E-state index in [0.29, 0.717) is 5.69 Å². The van der Waals surface area contributed by atoms with Crippen LogP contribution in [0.15, 0.2) is 6.07 Å². The molecule has 12 heavy (non-hydrogen) atoms. The first-order valence-corrected chi connectivity index (χ1v) is 4.09. The summed E-state index contributed by atoms with van der Waals surface area (Å²) in [6.45, 7) is 7.48. The normalized spacial score (nSPS) is 10.8. The molecule has 0 unspecified atom stereocenters. The molecule has 0 saturated carbocycles. The molecule has 0 fully saturated rings. The summed E-state index contributed by atoms with van der Waals surface area (Å²) in [6.07, 6.45) is 0. The van der Waals surface area contributed by atoms with Crippen LogP contribution in [0, 0.1) is 6.92 Å². The molecule has 0 aliphatic carbocycles. The number of aromatic nitrogens is 2. The van der Waals surface area contributed by atoms with Crippen LogP contribution >= 0.6 is 0 Å². The minimum atomic E-state index is 0.0734. The van der Waals surface area contributed by atoms with Gasteiger partial charge < -0.3 is 0 Å². The lowest BCUT2D eigenvalue weighted by molar-refractivity contribution is 0.100. The number of carbonyl (C=O) groups is 1. The van der Waals surface area contributed by atoms with Crippen LogP contribution in [0.2, 0.25) is 0 Å². The highest BCUT2D eigenvalue weighted by molar-refractivity contribution is 5.92. The highest BCUT2D eigenvalue weighted by Gasteiger charge is 2.11. The minimum absolute atomic E-state index is 0.0734. The molecule has 0 aromatic carbocycles. The number of aryl methyl sites for hydroxylation is 1. The fraction of sp³-hybridized carbons (Fsp3) is 0.556. The van der Waals surface area contributed by atoms with Crippen molar-refractivity contribution in [1.82, 2.24) is 9.78 Å². The largest absolute Gasteiger partial charge is 0.293 e. The summed E-state index contributed by atoms with van der Waals surface area (Å²) < 4.78 is 1.76. The fourth-order valence-corrected chi connectivity index (χ4v) is 1.17. The molecule has 0 N–H and O–H groups in total. The molecule has 1 rings (SSSR count). The molecule has 1 heterocycles. The van der Waals surface area contributed by atoms with E-state index in [2.05, 4.69) is 5.10 Å². The second-order valence-electron chi connectivity index (χ2n) is 3.27. The lowest BCUT2D eigenvalue weighted by atomic mass is 10.2. The number of Topliss-reactive ketones (excluding diaryl/α,β-unsaturated/α-hetero) is 1. The van der Waals surface area contributed by atoms with Crippen LogP contribution in [-0.4, -0.2) is 15.6 Å². The Hall–Kier alpha value is -1.12. The molecule has 1 aromatic rings. The summed E-state index contributed by atoms with van der Waals surface area (Å²) in [6, 6.07) is 2.07. The fourth-order valence-electron chi connectivity index (χ4n) is 1.17. The SMILES string of the molecule is CC(=O)c1cc(C)nn1C(C)C. The van der Waals surface area contributed by atoms with Gasteiger partial charge in [-0.3, -0.25) is 9.48 Å². The Morgan fingerprint density at radius 3 is 2.50 bits per heavy atom. The maximum absolute atomic E-state index is 11.1. The van der Waals surface area contributed by atoms with Crippen LogP contribution < -0.4 is 0 Å². The zero-order chi connectivity index (χ0) is 9.30. The summed E-state index contributed by atoms with van der Waals surface area (Å²) in [5.41, 5.74) is 1.59. The van der Waals surface area contributed by atoms with Gasteiger partial charge >= 0.3 is 0 Å². The quantitative estimate of drug-likeness (QED) is 0.629. The molecule has 0 radical (unpaired) electrons. The lowest BCUT2D eigenvalue weighted by Crippen LogP contribution is -2.10. The highest BCUT2D eigenvalue weighted by atomic mass is 16.1. The molecule has 0 aliphatic rings. The Bertz CT molecular complexity index is 299. The predicted molar refractivity (Wildman–Crippen MR) is 47.4 cm³/mol. The smallest absolute Gasteiger partial charge is 0.177 e. The second kappa shape index (κ2) is 3.09. The van der Waals surface area contributed by atoms with E-state index in [4.69, 9.17) is 0 Å². The van der Waals surface area contributed by atoms with E-state index < -0.39 is 0 Å². The summed E-state index contributed by atoms with van der Waals surface area (Å²) in [7, 11) is 0. The van der Waals surface area contributed by atoms with Crippen molar-refractivity contribution in [3.05, 3.63) is 17.5 Å². The molecule has 0 aliphatic heterocycles. The molecule has 66 valence electrons. The Morgan fingerprint density at radius 1 is 1.58 bits per heavy atom. The van der Waals surface area contributed by atoms with Crippen LogP contribution in [0.1, 0.15) is 43.0 Å². The predicted octanol–water partition coefficient (Wildman–Crippen LogP) is 1.98. The number of ketones is 1. The third kappa shape index (κ3) is 1.55. The zero-order valence-corrected chi connectivity index (χ0v) is 7.96. The van der Waals surface area contributed by atoms with Crippen LogP contribution in [0.25, 0.3) is 0 Å². The van der Waals surface area contributed by atoms with E-state index >= 15 is 0 Å². The van der Waals surface area contributed by atoms with E-state index in [9.17, 15) is 4.79 Å². The second-order valence-corrected chi connectivity index (χ2v) is 3.27. The van der Waals surface area contributed by atoms with Gasteiger partial charge in [-0.15, -0.1) is 0 Å².